The van der Waals surface area contributed by atoms with Crippen LogP contribution in [0.2, 0.25) is 0 Å². The average molecular weight is 158 g/mol. The van der Waals surface area contributed by atoms with Gasteiger partial charge in [0.15, 0.2) is 0 Å². The standard InChI is InChI=1S/C6H14N4O/c1-3-10-4(6(8)11)5(7)9-2/h9-10H,3,7H2,1-2H3,(H2,8,11)/b5-4+. The first-order valence-corrected chi connectivity index (χ1v) is 3.34. The zero-order valence-electron chi connectivity index (χ0n) is 6.77. The summed E-state index contributed by atoms with van der Waals surface area (Å²) in [6, 6.07) is 0. The molecule has 0 heterocycles. The van der Waals surface area contributed by atoms with Crippen molar-refractivity contribution in [2.75, 3.05) is 13.6 Å². The normalized spacial score (nSPS) is 11.8. The topological polar surface area (TPSA) is 93.2 Å². The van der Waals surface area contributed by atoms with Gasteiger partial charge >= 0.3 is 0 Å². The monoisotopic (exact) mass is 158 g/mol. The minimum Gasteiger partial charge on any atom is -0.384 e. The van der Waals surface area contributed by atoms with Gasteiger partial charge in [-0.2, -0.15) is 0 Å². The van der Waals surface area contributed by atoms with E-state index in [1.807, 2.05) is 6.92 Å². The van der Waals surface area contributed by atoms with Crippen molar-refractivity contribution in [1.29, 1.82) is 0 Å². The van der Waals surface area contributed by atoms with E-state index in [2.05, 4.69) is 10.6 Å². The van der Waals surface area contributed by atoms with E-state index in [0.29, 0.717) is 6.54 Å². The molecular weight excluding hydrogens is 144 g/mol. The number of rotatable bonds is 4. The Labute approximate surface area is 65.8 Å². The van der Waals surface area contributed by atoms with Crippen molar-refractivity contribution < 1.29 is 4.79 Å². The fourth-order valence-corrected chi connectivity index (χ4v) is 0.617. The summed E-state index contributed by atoms with van der Waals surface area (Å²) in [7, 11) is 1.62. The zero-order chi connectivity index (χ0) is 8.85. The molecule has 0 fully saturated rings. The summed E-state index contributed by atoms with van der Waals surface area (Å²) in [5, 5.41) is 5.38. The molecule has 0 saturated heterocycles. The van der Waals surface area contributed by atoms with Crippen LogP contribution in [0.25, 0.3) is 0 Å². The number of nitrogens with two attached hydrogens (primary N) is 2. The summed E-state index contributed by atoms with van der Waals surface area (Å²) in [5.74, 6) is -0.293. The number of hydrogen-bond donors (Lipinski definition) is 4. The maximum Gasteiger partial charge on any atom is 0.268 e. The van der Waals surface area contributed by atoms with Crippen molar-refractivity contribution in [3.05, 3.63) is 11.5 Å². The summed E-state index contributed by atoms with van der Waals surface area (Å²) < 4.78 is 0. The molecule has 0 aromatic rings. The van der Waals surface area contributed by atoms with E-state index in [4.69, 9.17) is 11.5 Å². The van der Waals surface area contributed by atoms with Gasteiger partial charge in [0.2, 0.25) is 0 Å². The first kappa shape index (κ1) is 9.61. The van der Waals surface area contributed by atoms with Crippen LogP contribution in [0.4, 0.5) is 0 Å². The van der Waals surface area contributed by atoms with Gasteiger partial charge in [0.1, 0.15) is 11.5 Å². The van der Waals surface area contributed by atoms with Gasteiger partial charge in [0, 0.05) is 13.6 Å². The molecule has 0 aliphatic rings. The Kier molecular flexibility index (Phi) is 3.87. The third-order valence-electron chi connectivity index (χ3n) is 1.14. The quantitative estimate of drug-likeness (QED) is 0.372. The Morgan fingerprint density at radius 2 is 2.00 bits per heavy atom. The molecule has 0 unspecified atom stereocenters. The molecule has 0 aliphatic carbocycles. The molecule has 0 aromatic carbocycles. The minimum atomic E-state index is -0.557. The number of primary amides is 1. The maximum absolute atomic E-state index is 10.7. The third kappa shape index (κ3) is 2.79. The predicted octanol–water partition coefficient (Wildman–Crippen LogP) is -1.57. The molecule has 0 spiro atoms. The van der Waals surface area contributed by atoms with Crippen molar-refractivity contribution in [3.63, 3.8) is 0 Å². The Morgan fingerprint density at radius 3 is 2.27 bits per heavy atom. The van der Waals surface area contributed by atoms with Gasteiger partial charge in [0.25, 0.3) is 5.91 Å². The lowest BCUT2D eigenvalue weighted by molar-refractivity contribution is -0.115. The van der Waals surface area contributed by atoms with Crippen LogP contribution in [0.1, 0.15) is 6.92 Å². The van der Waals surface area contributed by atoms with Crippen LogP contribution in [0, 0.1) is 0 Å². The van der Waals surface area contributed by atoms with Crippen molar-refractivity contribution >= 4 is 5.91 Å². The van der Waals surface area contributed by atoms with E-state index >= 15 is 0 Å². The number of likely N-dealkylation sites (N-methyl/N-ethyl adjacent to an activating group) is 1. The van der Waals surface area contributed by atoms with E-state index in [0.717, 1.165) is 0 Å². The molecule has 5 heteroatoms. The van der Waals surface area contributed by atoms with Gasteiger partial charge in [-0.1, -0.05) is 0 Å². The zero-order valence-corrected chi connectivity index (χ0v) is 6.77. The van der Waals surface area contributed by atoms with Crippen LogP contribution < -0.4 is 22.1 Å². The fourth-order valence-electron chi connectivity index (χ4n) is 0.617. The highest BCUT2D eigenvalue weighted by Crippen LogP contribution is 1.88. The van der Waals surface area contributed by atoms with Gasteiger partial charge < -0.3 is 22.1 Å². The molecule has 0 radical (unpaired) electrons. The molecule has 11 heavy (non-hydrogen) atoms. The van der Waals surface area contributed by atoms with Gasteiger partial charge in [-0.05, 0) is 6.92 Å². The molecule has 64 valence electrons. The summed E-state index contributed by atoms with van der Waals surface area (Å²) >= 11 is 0. The van der Waals surface area contributed by atoms with E-state index in [1.54, 1.807) is 7.05 Å². The third-order valence-corrected chi connectivity index (χ3v) is 1.14. The Morgan fingerprint density at radius 1 is 1.45 bits per heavy atom. The number of nitrogens with one attached hydrogen (secondary N) is 2. The fraction of sp³-hybridized carbons (Fsp3) is 0.500. The lowest BCUT2D eigenvalue weighted by atomic mass is 10.4. The second-order valence-corrected chi connectivity index (χ2v) is 1.93. The van der Waals surface area contributed by atoms with Crippen LogP contribution in [-0.4, -0.2) is 19.5 Å². The summed E-state index contributed by atoms with van der Waals surface area (Å²) in [6.45, 7) is 2.46. The minimum absolute atomic E-state index is 0.231. The predicted molar refractivity (Wildman–Crippen MR) is 43.1 cm³/mol. The summed E-state index contributed by atoms with van der Waals surface area (Å²) in [5.41, 5.74) is 10.7. The smallest absolute Gasteiger partial charge is 0.268 e. The van der Waals surface area contributed by atoms with Crippen molar-refractivity contribution in [1.82, 2.24) is 10.6 Å². The number of hydrogen-bond acceptors (Lipinski definition) is 4. The van der Waals surface area contributed by atoms with Gasteiger partial charge in [-0.15, -0.1) is 0 Å². The van der Waals surface area contributed by atoms with Gasteiger partial charge in [0.05, 0.1) is 0 Å². The maximum atomic E-state index is 10.7. The first-order chi connectivity index (χ1) is 5.13. The van der Waals surface area contributed by atoms with E-state index < -0.39 is 5.91 Å². The molecule has 0 atom stereocenters. The van der Waals surface area contributed by atoms with E-state index in [9.17, 15) is 4.79 Å². The van der Waals surface area contributed by atoms with Crippen molar-refractivity contribution in [2.45, 2.75) is 6.92 Å². The van der Waals surface area contributed by atoms with Crippen LogP contribution in [0.3, 0.4) is 0 Å². The molecule has 5 nitrogen and oxygen atoms in total. The second-order valence-electron chi connectivity index (χ2n) is 1.93. The van der Waals surface area contributed by atoms with Crippen LogP contribution in [-0.2, 0) is 4.79 Å². The van der Waals surface area contributed by atoms with E-state index in [-0.39, 0.29) is 11.5 Å². The van der Waals surface area contributed by atoms with Gasteiger partial charge in [-0.3, -0.25) is 4.79 Å². The lowest BCUT2D eigenvalue weighted by Gasteiger charge is -2.08. The van der Waals surface area contributed by atoms with Crippen LogP contribution in [0.15, 0.2) is 11.5 Å². The largest absolute Gasteiger partial charge is 0.384 e. The molecule has 6 N–H and O–H groups in total. The van der Waals surface area contributed by atoms with Crippen molar-refractivity contribution in [3.8, 4) is 0 Å². The Bertz CT molecular complexity index is 175. The molecule has 0 aromatic heterocycles. The molecule has 0 rings (SSSR count). The summed E-state index contributed by atoms with van der Waals surface area (Å²) in [6.07, 6.45) is 0. The lowest BCUT2D eigenvalue weighted by Crippen LogP contribution is -2.33. The highest BCUT2D eigenvalue weighted by molar-refractivity contribution is 5.91. The summed E-state index contributed by atoms with van der Waals surface area (Å²) in [4.78, 5) is 10.7. The average Bonchev–Trinajstić information content (AvgIpc) is 1.98. The molecule has 0 saturated carbocycles. The molecular formula is C6H14N4O. The molecule has 1 amide bonds. The SMILES string of the molecule is CCN/C(C(N)=O)=C(\N)NC. The highest BCUT2D eigenvalue weighted by Gasteiger charge is 2.06. The van der Waals surface area contributed by atoms with Crippen molar-refractivity contribution in [2.24, 2.45) is 11.5 Å². The van der Waals surface area contributed by atoms with Gasteiger partial charge in [-0.25, -0.2) is 0 Å². The number of carbonyl (C=O) groups excluding carboxylic acids is 1. The van der Waals surface area contributed by atoms with E-state index in [1.165, 1.54) is 0 Å². The van der Waals surface area contributed by atoms with Crippen LogP contribution >= 0.6 is 0 Å². The first-order valence-electron chi connectivity index (χ1n) is 3.34. The molecule has 0 aliphatic heterocycles. The number of carbonyl (C=O) groups is 1. The number of amides is 1. The second kappa shape index (κ2) is 4.43. The Hall–Kier alpha value is -1.39. The Balaban J connectivity index is 4.43. The highest BCUT2D eigenvalue weighted by atomic mass is 16.1. The van der Waals surface area contributed by atoms with Crippen LogP contribution in [0.5, 0.6) is 0 Å². The molecule has 0 bridgehead atoms.